The summed E-state index contributed by atoms with van der Waals surface area (Å²) in [6, 6.07) is 19.3. The number of hydrogen-bond donors (Lipinski definition) is 1. The van der Waals surface area contributed by atoms with Crippen LogP contribution in [-0.4, -0.2) is 35.9 Å². The zero-order valence-electron chi connectivity index (χ0n) is 18.6. The average molecular weight is 503 g/mol. The van der Waals surface area contributed by atoms with Crippen LogP contribution in [0.1, 0.15) is 18.1 Å². The van der Waals surface area contributed by atoms with Crippen LogP contribution in [0.2, 0.25) is 10.0 Å². The summed E-state index contributed by atoms with van der Waals surface area (Å²) in [7, 11) is 0. The van der Waals surface area contributed by atoms with Gasteiger partial charge in [0, 0.05) is 29.6 Å². The van der Waals surface area contributed by atoms with Gasteiger partial charge < -0.3 is 15.0 Å². The maximum absolute atomic E-state index is 14.0. The third-order valence-corrected chi connectivity index (χ3v) is 5.75. The third kappa shape index (κ3) is 6.95. The largest absolute Gasteiger partial charge is 0.481 e. The van der Waals surface area contributed by atoms with E-state index in [4.69, 9.17) is 27.9 Å². The van der Waals surface area contributed by atoms with Crippen molar-refractivity contribution in [3.05, 3.63) is 99.8 Å². The van der Waals surface area contributed by atoms with Crippen LogP contribution >= 0.6 is 23.2 Å². The van der Waals surface area contributed by atoms with Crippen molar-refractivity contribution in [2.24, 2.45) is 0 Å². The number of nitrogens with zero attached hydrogens (tertiary/aromatic N) is 1. The molecule has 0 fully saturated rings. The lowest BCUT2D eigenvalue weighted by Crippen LogP contribution is -2.51. The van der Waals surface area contributed by atoms with Crippen LogP contribution in [0.4, 0.5) is 4.39 Å². The Balaban J connectivity index is 1.93. The molecule has 0 radical (unpaired) electrons. The fourth-order valence-electron chi connectivity index (χ4n) is 3.46. The minimum atomic E-state index is -0.842. The molecule has 0 saturated heterocycles. The number of ether oxygens (including phenoxy) is 1. The number of carbonyl (C=O) groups is 2. The number of nitrogens with one attached hydrogen (secondary N) is 1. The van der Waals surface area contributed by atoms with Gasteiger partial charge in [0.2, 0.25) is 5.91 Å². The molecule has 8 heteroatoms. The van der Waals surface area contributed by atoms with E-state index in [2.05, 4.69) is 5.32 Å². The fourth-order valence-corrected chi connectivity index (χ4v) is 3.93. The molecule has 1 N–H and O–H groups in total. The van der Waals surface area contributed by atoms with E-state index in [9.17, 15) is 14.0 Å². The van der Waals surface area contributed by atoms with Crippen LogP contribution in [0, 0.1) is 5.82 Å². The number of hydrogen-bond acceptors (Lipinski definition) is 3. The number of amides is 2. The van der Waals surface area contributed by atoms with Gasteiger partial charge in [-0.2, -0.15) is 0 Å². The zero-order chi connectivity index (χ0) is 24.5. The first-order chi connectivity index (χ1) is 16.4. The molecular weight excluding hydrogens is 478 g/mol. The average Bonchev–Trinajstić information content (AvgIpc) is 2.82. The molecule has 0 spiro atoms. The molecule has 0 saturated carbocycles. The predicted molar refractivity (Wildman–Crippen MR) is 132 cm³/mol. The smallest absolute Gasteiger partial charge is 0.261 e. The molecule has 0 aromatic heterocycles. The van der Waals surface area contributed by atoms with Crippen LogP contribution in [0.5, 0.6) is 5.75 Å². The molecule has 34 heavy (non-hydrogen) atoms. The van der Waals surface area contributed by atoms with E-state index in [-0.39, 0.29) is 24.6 Å². The molecule has 3 aromatic rings. The second-order valence-electron chi connectivity index (χ2n) is 7.58. The predicted octanol–water partition coefficient (Wildman–Crippen LogP) is 5.29. The van der Waals surface area contributed by atoms with Crippen molar-refractivity contribution in [1.29, 1.82) is 0 Å². The lowest BCUT2D eigenvalue weighted by molar-refractivity contribution is -0.142. The third-order valence-electron chi connectivity index (χ3n) is 5.17. The number of para-hydroxylation sites is 1. The first kappa shape index (κ1) is 25.5. The second kappa shape index (κ2) is 12.4. The summed E-state index contributed by atoms with van der Waals surface area (Å²) < 4.78 is 19.5. The Morgan fingerprint density at radius 3 is 2.41 bits per heavy atom. The SMILES string of the molecule is CCNC(=O)[C@@H](Cc1ccccc1)N(Cc1ccc(Cl)cc1Cl)C(=O)COc1ccccc1F. The Hall–Kier alpha value is -3.09. The Morgan fingerprint density at radius 1 is 1.03 bits per heavy atom. The molecule has 0 unspecified atom stereocenters. The fraction of sp³-hybridized carbons (Fsp3) is 0.231. The topological polar surface area (TPSA) is 58.6 Å². The molecule has 1 atom stereocenters. The van der Waals surface area contributed by atoms with E-state index in [1.54, 1.807) is 31.2 Å². The summed E-state index contributed by atoms with van der Waals surface area (Å²) >= 11 is 12.4. The van der Waals surface area contributed by atoms with Crippen molar-refractivity contribution in [1.82, 2.24) is 10.2 Å². The summed E-state index contributed by atoms with van der Waals surface area (Å²) in [5.74, 6) is -1.41. The highest BCUT2D eigenvalue weighted by atomic mass is 35.5. The van der Waals surface area contributed by atoms with Crippen LogP contribution < -0.4 is 10.1 Å². The van der Waals surface area contributed by atoms with E-state index < -0.39 is 24.4 Å². The highest BCUT2D eigenvalue weighted by Gasteiger charge is 2.31. The van der Waals surface area contributed by atoms with Crippen molar-refractivity contribution in [3.63, 3.8) is 0 Å². The maximum Gasteiger partial charge on any atom is 0.261 e. The Morgan fingerprint density at radius 2 is 1.74 bits per heavy atom. The summed E-state index contributed by atoms with van der Waals surface area (Å²) in [6.45, 7) is 1.81. The molecule has 0 aliphatic heterocycles. The van der Waals surface area contributed by atoms with Gasteiger partial charge in [-0.1, -0.05) is 71.7 Å². The molecular formula is C26H25Cl2FN2O3. The number of likely N-dealkylation sites (N-methyl/N-ethyl adjacent to an activating group) is 1. The van der Waals surface area contributed by atoms with Gasteiger partial charge in [0.05, 0.1) is 0 Å². The monoisotopic (exact) mass is 502 g/mol. The van der Waals surface area contributed by atoms with Gasteiger partial charge in [0.25, 0.3) is 5.91 Å². The van der Waals surface area contributed by atoms with Gasteiger partial charge >= 0.3 is 0 Å². The number of rotatable bonds is 10. The quantitative estimate of drug-likeness (QED) is 0.409. The minimum absolute atomic E-state index is 0.0436. The van der Waals surface area contributed by atoms with Crippen LogP contribution in [-0.2, 0) is 22.6 Å². The van der Waals surface area contributed by atoms with Crippen LogP contribution in [0.25, 0.3) is 0 Å². The van der Waals surface area contributed by atoms with Gasteiger partial charge in [-0.15, -0.1) is 0 Å². The second-order valence-corrected chi connectivity index (χ2v) is 8.42. The molecule has 0 bridgehead atoms. The van der Waals surface area contributed by atoms with Crippen molar-refractivity contribution >= 4 is 35.0 Å². The Bertz CT molecular complexity index is 1130. The van der Waals surface area contributed by atoms with Crippen LogP contribution in [0.15, 0.2) is 72.8 Å². The first-order valence-electron chi connectivity index (χ1n) is 10.8. The molecule has 3 aromatic carbocycles. The van der Waals surface area contributed by atoms with Gasteiger partial charge in [-0.3, -0.25) is 9.59 Å². The maximum atomic E-state index is 14.0. The Kier molecular flexibility index (Phi) is 9.31. The normalized spacial score (nSPS) is 11.5. The van der Waals surface area contributed by atoms with Crippen molar-refractivity contribution in [2.45, 2.75) is 25.9 Å². The van der Waals surface area contributed by atoms with E-state index in [0.717, 1.165) is 5.56 Å². The number of carbonyl (C=O) groups excluding carboxylic acids is 2. The van der Waals surface area contributed by atoms with Crippen LogP contribution in [0.3, 0.4) is 0 Å². The van der Waals surface area contributed by atoms with Gasteiger partial charge in [-0.05, 0) is 42.3 Å². The molecule has 0 heterocycles. The number of benzene rings is 3. The standard InChI is InChI=1S/C26H25Cl2FN2O3/c1-2-30-26(33)23(14-18-8-4-3-5-9-18)31(16-19-12-13-20(27)15-21(19)28)25(32)17-34-24-11-7-6-10-22(24)29/h3-13,15,23H,2,14,16-17H2,1H3,(H,30,33)/t23-/m1/s1. The van der Waals surface area contributed by atoms with Crippen molar-refractivity contribution in [2.75, 3.05) is 13.2 Å². The molecule has 3 rings (SSSR count). The zero-order valence-corrected chi connectivity index (χ0v) is 20.2. The van der Waals surface area contributed by atoms with Gasteiger partial charge in [0.15, 0.2) is 18.2 Å². The van der Waals surface area contributed by atoms with Gasteiger partial charge in [0.1, 0.15) is 6.04 Å². The molecule has 0 aliphatic rings. The molecule has 0 aliphatic carbocycles. The lowest BCUT2D eigenvalue weighted by atomic mass is 10.0. The number of halogens is 3. The van der Waals surface area contributed by atoms with Crippen molar-refractivity contribution < 1.29 is 18.7 Å². The lowest BCUT2D eigenvalue weighted by Gasteiger charge is -2.31. The summed E-state index contributed by atoms with van der Waals surface area (Å²) in [6.07, 6.45) is 0.281. The first-order valence-corrected chi connectivity index (χ1v) is 11.6. The van der Waals surface area contributed by atoms with E-state index in [1.165, 1.54) is 23.1 Å². The van der Waals surface area contributed by atoms with E-state index >= 15 is 0 Å². The molecule has 5 nitrogen and oxygen atoms in total. The summed E-state index contributed by atoms with van der Waals surface area (Å²) in [5, 5.41) is 3.63. The van der Waals surface area contributed by atoms with Crippen molar-refractivity contribution in [3.8, 4) is 5.75 Å². The van der Waals surface area contributed by atoms with E-state index in [0.29, 0.717) is 22.2 Å². The Labute approximate surface area is 208 Å². The summed E-state index contributed by atoms with van der Waals surface area (Å²) in [4.78, 5) is 27.9. The molecule has 2 amide bonds. The van der Waals surface area contributed by atoms with E-state index in [1.807, 2.05) is 30.3 Å². The molecule has 178 valence electrons. The van der Waals surface area contributed by atoms with Gasteiger partial charge in [-0.25, -0.2) is 4.39 Å². The highest BCUT2D eigenvalue weighted by Crippen LogP contribution is 2.24. The summed E-state index contributed by atoms with van der Waals surface area (Å²) in [5.41, 5.74) is 1.50. The minimum Gasteiger partial charge on any atom is -0.481 e. The highest BCUT2D eigenvalue weighted by molar-refractivity contribution is 6.35.